The lowest BCUT2D eigenvalue weighted by molar-refractivity contribution is 0.443. The molecule has 0 aliphatic carbocycles. The fourth-order valence-corrected chi connectivity index (χ4v) is 3.23. The minimum atomic E-state index is 0.494. The lowest BCUT2D eigenvalue weighted by Crippen LogP contribution is -2.27. The summed E-state index contributed by atoms with van der Waals surface area (Å²) in [6.07, 6.45) is 2.43. The van der Waals surface area contributed by atoms with E-state index in [4.69, 9.17) is 11.6 Å². The van der Waals surface area contributed by atoms with E-state index in [1.165, 1.54) is 18.4 Å². The largest absolute Gasteiger partial charge is 0.312 e. The molecule has 1 aliphatic heterocycles. The molecule has 1 N–H and O–H groups in total. The highest BCUT2D eigenvalue weighted by Gasteiger charge is 2.17. The molecule has 106 valence electrons. The van der Waals surface area contributed by atoms with Gasteiger partial charge in [-0.15, -0.1) is 5.10 Å². The van der Waals surface area contributed by atoms with Crippen molar-refractivity contribution in [1.29, 1.82) is 0 Å². The van der Waals surface area contributed by atoms with E-state index in [-0.39, 0.29) is 0 Å². The Hall–Kier alpha value is -1.11. The first-order valence-corrected chi connectivity index (χ1v) is 8.04. The van der Waals surface area contributed by atoms with Crippen LogP contribution in [0.4, 0.5) is 0 Å². The molecule has 1 aromatic heterocycles. The summed E-state index contributed by atoms with van der Waals surface area (Å²) < 4.78 is 1.89. The highest BCUT2D eigenvalue weighted by molar-refractivity contribution is 7.98. The van der Waals surface area contributed by atoms with Crippen molar-refractivity contribution in [3.63, 3.8) is 0 Å². The summed E-state index contributed by atoms with van der Waals surface area (Å²) in [7, 11) is 0. The maximum absolute atomic E-state index is 5.88. The molecule has 2 aromatic rings. The van der Waals surface area contributed by atoms with Crippen molar-refractivity contribution in [1.82, 2.24) is 25.5 Å². The van der Waals surface area contributed by atoms with Crippen molar-refractivity contribution in [2.45, 2.75) is 36.3 Å². The molecule has 0 radical (unpaired) electrons. The average Bonchev–Trinajstić information content (AvgIpc) is 3.11. The summed E-state index contributed by atoms with van der Waals surface area (Å²) >= 11 is 7.53. The molecule has 1 aliphatic rings. The van der Waals surface area contributed by atoms with E-state index >= 15 is 0 Å². The fourth-order valence-electron chi connectivity index (χ4n) is 2.26. The molecule has 7 heteroatoms. The molecular weight excluding hydrogens is 294 g/mol. The third-order valence-corrected chi connectivity index (χ3v) is 4.62. The van der Waals surface area contributed by atoms with Crippen molar-refractivity contribution >= 4 is 23.4 Å². The Labute approximate surface area is 127 Å². The van der Waals surface area contributed by atoms with E-state index in [9.17, 15) is 0 Å². The number of aromatic nitrogens is 4. The van der Waals surface area contributed by atoms with Crippen molar-refractivity contribution < 1.29 is 0 Å². The molecule has 3 rings (SSSR count). The summed E-state index contributed by atoms with van der Waals surface area (Å²) in [5.41, 5.74) is 1.22. The van der Waals surface area contributed by atoms with Gasteiger partial charge >= 0.3 is 0 Å². The Morgan fingerprint density at radius 2 is 2.20 bits per heavy atom. The number of nitrogens with one attached hydrogen (secondary N) is 1. The first kappa shape index (κ1) is 13.9. The van der Waals surface area contributed by atoms with Gasteiger partial charge in [0, 0.05) is 16.8 Å². The minimum Gasteiger partial charge on any atom is -0.312 e. The molecule has 0 bridgehead atoms. The molecule has 0 spiro atoms. The van der Waals surface area contributed by atoms with Gasteiger partial charge in [-0.3, -0.25) is 0 Å². The third-order valence-electron chi connectivity index (χ3n) is 3.34. The topological polar surface area (TPSA) is 55.6 Å². The molecule has 0 unspecified atom stereocenters. The third kappa shape index (κ3) is 3.50. The van der Waals surface area contributed by atoms with Gasteiger partial charge in [0.1, 0.15) is 0 Å². The van der Waals surface area contributed by atoms with Crippen LogP contribution < -0.4 is 5.32 Å². The molecular formula is C13H16ClN5S. The molecule has 0 amide bonds. The average molecular weight is 310 g/mol. The second-order valence-electron chi connectivity index (χ2n) is 4.85. The zero-order chi connectivity index (χ0) is 13.8. The van der Waals surface area contributed by atoms with Crippen LogP contribution in [0.5, 0.6) is 0 Å². The van der Waals surface area contributed by atoms with Gasteiger partial charge in [0.2, 0.25) is 5.16 Å². The zero-order valence-corrected chi connectivity index (χ0v) is 12.6. The maximum Gasteiger partial charge on any atom is 0.209 e. The number of halogens is 1. The van der Waals surface area contributed by atoms with Gasteiger partial charge in [0.05, 0.1) is 6.54 Å². The highest BCUT2D eigenvalue weighted by atomic mass is 35.5. The van der Waals surface area contributed by atoms with Crippen LogP contribution in [-0.2, 0) is 12.3 Å². The Kier molecular flexibility index (Phi) is 4.54. The fraction of sp³-hybridized carbons (Fsp3) is 0.462. The number of hydrogen-bond donors (Lipinski definition) is 1. The van der Waals surface area contributed by atoms with Crippen LogP contribution in [-0.4, -0.2) is 32.8 Å². The number of rotatable bonds is 5. The first-order valence-electron chi connectivity index (χ1n) is 6.68. The minimum absolute atomic E-state index is 0.494. The smallest absolute Gasteiger partial charge is 0.209 e. The van der Waals surface area contributed by atoms with Gasteiger partial charge in [-0.05, 0) is 47.5 Å². The van der Waals surface area contributed by atoms with Gasteiger partial charge in [-0.2, -0.15) is 0 Å². The van der Waals surface area contributed by atoms with E-state index in [1.54, 1.807) is 11.8 Å². The van der Waals surface area contributed by atoms with Gasteiger partial charge < -0.3 is 5.32 Å². The van der Waals surface area contributed by atoms with Gasteiger partial charge in [0.15, 0.2) is 0 Å². The molecule has 1 atom stereocenters. The van der Waals surface area contributed by atoms with Gasteiger partial charge in [0.25, 0.3) is 0 Å². The van der Waals surface area contributed by atoms with Crippen LogP contribution in [0.2, 0.25) is 5.02 Å². The quantitative estimate of drug-likeness (QED) is 0.859. The predicted molar refractivity (Wildman–Crippen MR) is 79.9 cm³/mol. The number of benzene rings is 1. The summed E-state index contributed by atoms with van der Waals surface area (Å²) in [6.45, 7) is 1.94. The van der Waals surface area contributed by atoms with E-state index in [2.05, 4.69) is 20.8 Å². The van der Waals surface area contributed by atoms with E-state index in [1.807, 2.05) is 28.9 Å². The molecule has 20 heavy (non-hydrogen) atoms. The Morgan fingerprint density at radius 3 is 2.95 bits per heavy atom. The summed E-state index contributed by atoms with van der Waals surface area (Å²) in [5, 5.41) is 17.1. The monoisotopic (exact) mass is 309 g/mol. The maximum atomic E-state index is 5.88. The van der Waals surface area contributed by atoms with E-state index in [0.29, 0.717) is 6.04 Å². The SMILES string of the molecule is Clc1ccc(CSc2nnnn2C[C@@H]2CCCN2)cc1. The molecule has 1 aromatic carbocycles. The van der Waals surface area contributed by atoms with Gasteiger partial charge in [-0.25, -0.2) is 4.68 Å². The highest BCUT2D eigenvalue weighted by Crippen LogP contribution is 2.21. The number of tetrazole rings is 1. The van der Waals surface area contributed by atoms with Crippen LogP contribution in [0.1, 0.15) is 18.4 Å². The summed E-state index contributed by atoms with van der Waals surface area (Å²) in [5.74, 6) is 0.843. The molecule has 2 heterocycles. The van der Waals surface area contributed by atoms with Crippen LogP contribution in [0, 0.1) is 0 Å². The van der Waals surface area contributed by atoms with Crippen molar-refractivity contribution in [3.05, 3.63) is 34.9 Å². The van der Waals surface area contributed by atoms with Gasteiger partial charge in [-0.1, -0.05) is 35.5 Å². The lowest BCUT2D eigenvalue weighted by Gasteiger charge is -2.10. The standard InChI is InChI=1S/C13H16ClN5S/c14-11-5-3-10(4-6-11)9-20-13-16-17-18-19(13)8-12-2-1-7-15-12/h3-6,12,15H,1-2,7-9H2/t12-/m0/s1. The second kappa shape index (κ2) is 6.56. The van der Waals surface area contributed by atoms with Crippen molar-refractivity contribution in [2.24, 2.45) is 0 Å². The molecule has 1 saturated heterocycles. The molecule has 5 nitrogen and oxygen atoms in total. The number of hydrogen-bond acceptors (Lipinski definition) is 5. The second-order valence-corrected chi connectivity index (χ2v) is 6.23. The van der Waals surface area contributed by atoms with Crippen LogP contribution in [0.15, 0.2) is 29.4 Å². The zero-order valence-electron chi connectivity index (χ0n) is 11.0. The Balaban J connectivity index is 1.59. The Morgan fingerprint density at radius 1 is 1.35 bits per heavy atom. The summed E-state index contributed by atoms with van der Waals surface area (Å²) in [4.78, 5) is 0. The lowest BCUT2D eigenvalue weighted by atomic mass is 10.2. The van der Waals surface area contributed by atoms with Crippen LogP contribution in [0.25, 0.3) is 0 Å². The Bertz CT molecular complexity index is 550. The summed E-state index contributed by atoms with van der Waals surface area (Å²) in [6, 6.07) is 8.36. The molecule has 0 saturated carbocycles. The normalized spacial score (nSPS) is 18.6. The first-order chi connectivity index (χ1) is 9.81. The molecule has 1 fully saturated rings. The predicted octanol–water partition coefficient (Wildman–Crippen LogP) is 2.37. The van der Waals surface area contributed by atoms with Crippen molar-refractivity contribution in [2.75, 3.05) is 6.54 Å². The van der Waals surface area contributed by atoms with Crippen molar-refractivity contribution in [3.8, 4) is 0 Å². The van der Waals surface area contributed by atoms with Crippen LogP contribution in [0.3, 0.4) is 0 Å². The van der Waals surface area contributed by atoms with Crippen LogP contribution >= 0.6 is 23.4 Å². The van der Waals surface area contributed by atoms with E-state index in [0.717, 1.165) is 29.0 Å². The number of thioether (sulfide) groups is 1. The van der Waals surface area contributed by atoms with E-state index < -0.39 is 0 Å². The number of nitrogens with zero attached hydrogens (tertiary/aromatic N) is 4.